The Labute approximate surface area is 127 Å². The lowest BCUT2D eigenvalue weighted by molar-refractivity contribution is 0.454. The van der Waals surface area contributed by atoms with E-state index in [0.717, 1.165) is 15.0 Å². The smallest absolute Gasteiger partial charge is 0.122 e. The molecule has 1 N–H and O–H groups in total. The van der Waals surface area contributed by atoms with E-state index < -0.39 is 0 Å². The van der Waals surface area contributed by atoms with Crippen LogP contribution in [-0.2, 0) is 0 Å². The van der Waals surface area contributed by atoms with Gasteiger partial charge in [-0.3, -0.25) is 0 Å². The highest BCUT2D eigenvalue weighted by atomic mass is 32.9. The van der Waals surface area contributed by atoms with E-state index in [0.29, 0.717) is 17.6 Å². The molecule has 2 aromatic rings. The largest absolute Gasteiger partial charge is 0.507 e. The second-order valence-electron chi connectivity index (χ2n) is 5.31. The van der Waals surface area contributed by atoms with E-state index in [4.69, 9.17) is 12.2 Å². The maximum absolute atomic E-state index is 10.4. The molecule has 0 bridgehead atoms. The molecule has 0 saturated carbocycles. The molecule has 1 nitrogen and oxygen atoms in total. The molecule has 0 amide bonds. The summed E-state index contributed by atoms with van der Waals surface area (Å²) in [6.07, 6.45) is 0. The monoisotopic (exact) mass is 310 g/mol. The lowest BCUT2D eigenvalue weighted by Gasteiger charge is -2.17. The van der Waals surface area contributed by atoms with Crippen LogP contribution in [0.5, 0.6) is 5.75 Å². The summed E-state index contributed by atoms with van der Waals surface area (Å²) in [5, 5.41) is 10.4. The van der Waals surface area contributed by atoms with Gasteiger partial charge in [-0.05, 0) is 46.7 Å². The zero-order valence-corrected chi connectivity index (χ0v) is 14.0. The van der Waals surface area contributed by atoms with Gasteiger partial charge in [0.15, 0.2) is 0 Å². The number of hydrogen-bond donors (Lipinski definition) is 1. The lowest BCUT2D eigenvalue weighted by Crippen LogP contribution is -1.96. The van der Waals surface area contributed by atoms with Gasteiger partial charge >= 0.3 is 0 Å². The predicted molar refractivity (Wildman–Crippen MR) is 88.3 cm³/mol. The molecule has 4 heteroatoms. The number of benzene rings is 1. The van der Waals surface area contributed by atoms with E-state index in [-0.39, 0.29) is 0 Å². The Bertz CT molecular complexity index is 606. The normalized spacial score (nSPS) is 11.5. The molecule has 0 aliphatic rings. The number of rotatable bonds is 3. The summed E-state index contributed by atoms with van der Waals surface area (Å²) in [7, 11) is 3.33. The Morgan fingerprint density at radius 1 is 0.947 bits per heavy atom. The van der Waals surface area contributed by atoms with Gasteiger partial charge in [0.05, 0.1) is 0 Å². The number of aromatic hydroxyl groups is 1. The van der Waals surface area contributed by atoms with Crippen molar-refractivity contribution >= 4 is 32.9 Å². The Kier molecular flexibility index (Phi) is 4.43. The van der Waals surface area contributed by atoms with Crippen molar-refractivity contribution in [2.75, 3.05) is 0 Å². The summed E-state index contributed by atoms with van der Waals surface area (Å²) in [5.74, 6) is 1.07. The van der Waals surface area contributed by atoms with Gasteiger partial charge in [-0.15, -0.1) is 0 Å². The maximum Gasteiger partial charge on any atom is 0.122 e. The summed E-state index contributed by atoms with van der Waals surface area (Å²) in [4.78, 5) is 1.19. The average molecular weight is 311 g/mol. The SMILES string of the molecule is CC(C)c1cc(-c2cc(=S)ss2)cc(C(C)C)c1O. The van der Waals surface area contributed by atoms with Gasteiger partial charge in [0.2, 0.25) is 0 Å². The molecule has 1 heterocycles. The van der Waals surface area contributed by atoms with Gasteiger partial charge in [0.25, 0.3) is 0 Å². The van der Waals surface area contributed by atoms with Crippen LogP contribution in [0.3, 0.4) is 0 Å². The van der Waals surface area contributed by atoms with E-state index in [1.54, 1.807) is 20.7 Å². The minimum absolute atomic E-state index is 0.309. The Hall–Kier alpha value is -0.710. The van der Waals surface area contributed by atoms with Crippen molar-refractivity contribution in [2.45, 2.75) is 39.5 Å². The molecule has 0 aliphatic carbocycles. The van der Waals surface area contributed by atoms with Crippen LogP contribution in [0.25, 0.3) is 10.4 Å². The fourth-order valence-corrected chi connectivity index (χ4v) is 4.46. The minimum Gasteiger partial charge on any atom is -0.507 e. The van der Waals surface area contributed by atoms with E-state index in [2.05, 4.69) is 39.8 Å². The first-order chi connectivity index (χ1) is 8.90. The highest BCUT2D eigenvalue weighted by Crippen LogP contribution is 2.39. The second kappa shape index (κ2) is 5.73. The fraction of sp³-hybridized carbons (Fsp3) is 0.400. The molecule has 1 aromatic carbocycles. The van der Waals surface area contributed by atoms with Gasteiger partial charge < -0.3 is 5.11 Å². The quantitative estimate of drug-likeness (QED) is 0.541. The standard InChI is InChI=1S/C15H18OS3/c1-8(2)11-5-10(13-7-14(17)19-18-13)6-12(9(3)4)15(11)16/h5-9,16H,1-4H3. The van der Waals surface area contributed by atoms with E-state index in [1.807, 2.05) is 6.07 Å². The highest BCUT2D eigenvalue weighted by molar-refractivity contribution is 7.80. The molecular formula is C15H18OS3. The fourth-order valence-electron chi connectivity index (χ4n) is 2.08. The van der Waals surface area contributed by atoms with Crippen LogP contribution in [0.15, 0.2) is 18.2 Å². The zero-order valence-electron chi connectivity index (χ0n) is 11.6. The molecule has 2 rings (SSSR count). The Balaban J connectivity index is 2.66. The first-order valence-electron chi connectivity index (χ1n) is 6.37. The van der Waals surface area contributed by atoms with E-state index in [9.17, 15) is 5.11 Å². The summed E-state index contributed by atoms with van der Waals surface area (Å²) in [5.41, 5.74) is 3.21. The topological polar surface area (TPSA) is 20.2 Å². The third kappa shape index (κ3) is 3.07. The summed E-state index contributed by atoms with van der Waals surface area (Å²) in [6, 6.07) is 6.24. The van der Waals surface area contributed by atoms with Gasteiger partial charge in [-0.25, -0.2) is 0 Å². The average Bonchev–Trinajstić information content (AvgIpc) is 2.75. The van der Waals surface area contributed by atoms with Gasteiger partial charge in [-0.2, -0.15) is 0 Å². The first-order valence-corrected chi connectivity index (χ1v) is 8.93. The second-order valence-corrected chi connectivity index (χ2v) is 8.22. The van der Waals surface area contributed by atoms with Crippen LogP contribution in [0.1, 0.15) is 50.7 Å². The zero-order chi connectivity index (χ0) is 14.2. The third-order valence-electron chi connectivity index (χ3n) is 3.16. The summed E-state index contributed by atoms with van der Waals surface area (Å²) >= 11 is 5.21. The Morgan fingerprint density at radius 2 is 1.47 bits per heavy atom. The highest BCUT2D eigenvalue weighted by Gasteiger charge is 2.16. The molecule has 0 saturated heterocycles. The van der Waals surface area contributed by atoms with Crippen molar-refractivity contribution < 1.29 is 5.11 Å². The Morgan fingerprint density at radius 3 is 1.84 bits per heavy atom. The molecule has 0 radical (unpaired) electrons. The molecular weight excluding hydrogens is 292 g/mol. The van der Waals surface area contributed by atoms with E-state index in [1.165, 1.54) is 10.4 Å². The molecule has 0 atom stereocenters. The molecule has 0 fully saturated rings. The first kappa shape index (κ1) is 14.7. The minimum atomic E-state index is 0.309. The molecule has 1 aromatic heterocycles. The van der Waals surface area contributed by atoms with Crippen LogP contribution < -0.4 is 0 Å². The molecule has 19 heavy (non-hydrogen) atoms. The van der Waals surface area contributed by atoms with Crippen molar-refractivity contribution in [1.29, 1.82) is 0 Å². The third-order valence-corrected chi connectivity index (χ3v) is 6.07. The van der Waals surface area contributed by atoms with Crippen molar-refractivity contribution in [1.82, 2.24) is 0 Å². The number of phenolic OH excluding ortho intramolecular Hbond substituents is 1. The van der Waals surface area contributed by atoms with Gasteiger partial charge in [0, 0.05) is 4.88 Å². The van der Waals surface area contributed by atoms with Crippen LogP contribution in [-0.4, -0.2) is 5.11 Å². The maximum atomic E-state index is 10.4. The molecule has 0 unspecified atom stereocenters. The van der Waals surface area contributed by atoms with Crippen LogP contribution in [0.4, 0.5) is 0 Å². The molecule has 0 spiro atoms. The van der Waals surface area contributed by atoms with Gasteiger partial charge in [-0.1, -0.05) is 60.6 Å². The van der Waals surface area contributed by atoms with Crippen LogP contribution in [0, 0.1) is 3.82 Å². The molecule has 0 aliphatic heterocycles. The van der Waals surface area contributed by atoms with E-state index >= 15 is 0 Å². The van der Waals surface area contributed by atoms with Gasteiger partial charge in [0.1, 0.15) is 9.57 Å². The van der Waals surface area contributed by atoms with Crippen molar-refractivity contribution in [3.8, 4) is 16.2 Å². The van der Waals surface area contributed by atoms with Crippen LogP contribution in [0.2, 0.25) is 0 Å². The lowest BCUT2D eigenvalue weighted by atomic mass is 9.91. The number of phenols is 1. The van der Waals surface area contributed by atoms with Crippen LogP contribution >= 0.6 is 32.9 Å². The van der Waals surface area contributed by atoms with Crippen molar-refractivity contribution in [2.24, 2.45) is 0 Å². The van der Waals surface area contributed by atoms with Crippen molar-refractivity contribution in [3.63, 3.8) is 0 Å². The van der Waals surface area contributed by atoms with Crippen molar-refractivity contribution in [3.05, 3.63) is 33.1 Å². The number of hydrogen-bond acceptors (Lipinski definition) is 4. The molecule has 102 valence electrons. The summed E-state index contributed by atoms with van der Waals surface area (Å²) < 4.78 is 0.922. The predicted octanol–water partition coefficient (Wildman–Crippen LogP) is 6.16. The summed E-state index contributed by atoms with van der Waals surface area (Å²) in [6.45, 7) is 8.44.